The van der Waals surface area contributed by atoms with Gasteiger partial charge in [0.15, 0.2) is 0 Å². The normalized spacial score (nSPS) is 10.2. The molecule has 0 fully saturated rings. The van der Waals surface area contributed by atoms with Crippen molar-refractivity contribution in [3.05, 3.63) is 94.5 Å². The third-order valence-corrected chi connectivity index (χ3v) is 4.22. The second-order valence-electron chi connectivity index (χ2n) is 5.94. The second kappa shape index (κ2) is 9.06. The Labute approximate surface area is 167 Å². The number of amides is 1. The van der Waals surface area contributed by atoms with E-state index in [0.29, 0.717) is 34.2 Å². The maximum absolute atomic E-state index is 12.7. The number of carbonyl (C=O) groups is 2. The van der Waals surface area contributed by atoms with Crippen molar-refractivity contribution in [2.45, 2.75) is 6.61 Å². The Kier molecular flexibility index (Phi) is 6.29. The molecule has 3 aromatic carbocycles. The number of carbonyl (C=O) groups excluding carboxylic acids is 2. The van der Waals surface area contributed by atoms with Gasteiger partial charge in [-0.05, 0) is 48.0 Å². The zero-order chi connectivity index (χ0) is 19.9. The van der Waals surface area contributed by atoms with Crippen molar-refractivity contribution in [2.75, 3.05) is 12.4 Å². The molecule has 0 radical (unpaired) electrons. The molecule has 0 saturated carbocycles. The summed E-state index contributed by atoms with van der Waals surface area (Å²) in [4.78, 5) is 24.2. The largest absolute Gasteiger partial charge is 0.488 e. The van der Waals surface area contributed by atoms with Gasteiger partial charge < -0.3 is 14.8 Å². The number of anilines is 1. The summed E-state index contributed by atoms with van der Waals surface area (Å²) in [7, 11) is 1.31. The van der Waals surface area contributed by atoms with Gasteiger partial charge in [-0.3, -0.25) is 4.79 Å². The number of rotatable bonds is 6. The molecule has 142 valence electrons. The van der Waals surface area contributed by atoms with Gasteiger partial charge in [-0.2, -0.15) is 0 Å². The van der Waals surface area contributed by atoms with E-state index in [0.717, 1.165) is 5.56 Å². The quantitative estimate of drug-likeness (QED) is 0.599. The second-order valence-corrected chi connectivity index (χ2v) is 6.37. The van der Waals surface area contributed by atoms with Crippen molar-refractivity contribution in [1.29, 1.82) is 0 Å². The molecule has 0 aromatic heterocycles. The average molecular weight is 396 g/mol. The summed E-state index contributed by atoms with van der Waals surface area (Å²) in [6, 6.07) is 21.0. The molecule has 0 atom stereocenters. The molecule has 5 nitrogen and oxygen atoms in total. The minimum absolute atomic E-state index is 0.320. The minimum Gasteiger partial charge on any atom is -0.488 e. The van der Waals surface area contributed by atoms with Crippen LogP contribution in [0.1, 0.15) is 26.3 Å². The number of halogens is 1. The van der Waals surface area contributed by atoms with E-state index in [9.17, 15) is 9.59 Å². The number of esters is 1. The van der Waals surface area contributed by atoms with Crippen molar-refractivity contribution in [1.82, 2.24) is 0 Å². The minimum atomic E-state index is -0.440. The van der Waals surface area contributed by atoms with E-state index in [1.165, 1.54) is 7.11 Å². The Morgan fingerprint density at radius 2 is 1.68 bits per heavy atom. The van der Waals surface area contributed by atoms with Gasteiger partial charge in [0, 0.05) is 10.7 Å². The lowest BCUT2D eigenvalue weighted by atomic mass is 10.1. The lowest BCUT2D eigenvalue weighted by Crippen LogP contribution is -2.14. The molecule has 3 rings (SSSR count). The molecule has 0 unspecified atom stereocenters. The van der Waals surface area contributed by atoms with Gasteiger partial charge in [0.1, 0.15) is 12.4 Å². The summed E-state index contributed by atoms with van der Waals surface area (Å²) in [5.74, 6) is -0.377. The van der Waals surface area contributed by atoms with Crippen LogP contribution < -0.4 is 10.1 Å². The Bertz CT molecular complexity index is 972. The number of nitrogens with one attached hydrogen (secondary N) is 1. The van der Waals surface area contributed by atoms with Crippen LogP contribution in [0, 0.1) is 0 Å². The molecule has 3 aromatic rings. The topological polar surface area (TPSA) is 64.6 Å². The molecule has 0 aliphatic rings. The van der Waals surface area contributed by atoms with Crippen molar-refractivity contribution < 1.29 is 19.1 Å². The average Bonchev–Trinajstić information content (AvgIpc) is 2.73. The van der Waals surface area contributed by atoms with Crippen molar-refractivity contribution in [3.8, 4) is 5.75 Å². The molecular formula is C22H18ClNO4. The van der Waals surface area contributed by atoms with Crippen molar-refractivity contribution in [3.63, 3.8) is 0 Å². The third kappa shape index (κ3) is 4.90. The van der Waals surface area contributed by atoms with E-state index < -0.39 is 5.97 Å². The molecule has 0 spiro atoms. The summed E-state index contributed by atoms with van der Waals surface area (Å²) in [5, 5.41) is 3.21. The predicted octanol–water partition coefficient (Wildman–Crippen LogP) is 4.96. The monoisotopic (exact) mass is 395 g/mol. The van der Waals surface area contributed by atoms with Crippen molar-refractivity contribution in [2.24, 2.45) is 0 Å². The highest BCUT2D eigenvalue weighted by Gasteiger charge is 2.15. The third-order valence-electron chi connectivity index (χ3n) is 3.99. The van der Waals surface area contributed by atoms with E-state index in [1.807, 2.05) is 30.3 Å². The van der Waals surface area contributed by atoms with E-state index in [2.05, 4.69) is 10.1 Å². The number of benzene rings is 3. The van der Waals surface area contributed by atoms with E-state index >= 15 is 0 Å². The number of ether oxygens (including phenoxy) is 2. The van der Waals surface area contributed by atoms with Crippen LogP contribution in [0.25, 0.3) is 0 Å². The molecular weight excluding hydrogens is 378 g/mol. The van der Waals surface area contributed by atoms with Crippen LogP contribution in [-0.4, -0.2) is 19.0 Å². The smallest absolute Gasteiger partial charge is 0.337 e. The Hall–Kier alpha value is -3.31. The standard InChI is InChI=1S/C22H18ClNO4/c1-27-22(26)16-7-10-18(11-8-16)24-21(25)19-13-17(23)9-12-20(19)28-14-15-5-3-2-4-6-15/h2-13H,14H2,1H3,(H,24,25). The zero-order valence-corrected chi connectivity index (χ0v) is 15.9. The van der Waals surface area contributed by atoms with Crippen LogP contribution >= 0.6 is 11.6 Å². The first-order chi connectivity index (χ1) is 13.6. The molecule has 0 aliphatic heterocycles. The predicted molar refractivity (Wildman–Crippen MR) is 108 cm³/mol. The summed E-state index contributed by atoms with van der Waals surface area (Å²) >= 11 is 6.07. The molecule has 0 bridgehead atoms. The Morgan fingerprint density at radius 3 is 2.36 bits per heavy atom. The van der Waals surface area contributed by atoms with Crippen LogP contribution in [0.3, 0.4) is 0 Å². The molecule has 6 heteroatoms. The van der Waals surface area contributed by atoms with Gasteiger partial charge >= 0.3 is 5.97 Å². The Morgan fingerprint density at radius 1 is 0.964 bits per heavy atom. The summed E-state index contributed by atoms with van der Waals surface area (Å²) in [6.45, 7) is 0.330. The highest BCUT2D eigenvalue weighted by molar-refractivity contribution is 6.31. The Balaban J connectivity index is 1.75. The SMILES string of the molecule is COC(=O)c1ccc(NC(=O)c2cc(Cl)ccc2OCc2ccccc2)cc1. The lowest BCUT2D eigenvalue weighted by Gasteiger charge is -2.12. The highest BCUT2D eigenvalue weighted by atomic mass is 35.5. The van der Waals surface area contributed by atoms with Crippen LogP contribution in [0.4, 0.5) is 5.69 Å². The van der Waals surface area contributed by atoms with Gasteiger partial charge in [-0.15, -0.1) is 0 Å². The number of methoxy groups -OCH3 is 1. The molecule has 1 N–H and O–H groups in total. The van der Waals surface area contributed by atoms with Gasteiger partial charge in [0.2, 0.25) is 0 Å². The number of hydrogen-bond donors (Lipinski definition) is 1. The molecule has 28 heavy (non-hydrogen) atoms. The maximum atomic E-state index is 12.7. The van der Waals surface area contributed by atoms with Crippen molar-refractivity contribution >= 4 is 29.2 Å². The summed E-state index contributed by atoms with van der Waals surface area (Å²) in [5.41, 5.74) is 2.24. The maximum Gasteiger partial charge on any atom is 0.337 e. The van der Waals surface area contributed by atoms with Gasteiger partial charge in [-0.25, -0.2) is 4.79 Å². The van der Waals surface area contributed by atoms with E-state index in [-0.39, 0.29) is 5.91 Å². The van der Waals surface area contributed by atoms with Crippen LogP contribution in [0.5, 0.6) is 5.75 Å². The summed E-state index contributed by atoms with van der Waals surface area (Å²) in [6.07, 6.45) is 0. The first kappa shape index (κ1) is 19.5. The molecule has 0 aliphatic carbocycles. The fraction of sp³-hybridized carbons (Fsp3) is 0.0909. The van der Waals surface area contributed by atoms with Crippen LogP contribution in [0.2, 0.25) is 5.02 Å². The molecule has 0 saturated heterocycles. The van der Waals surface area contributed by atoms with E-state index in [4.69, 9.17) is 16.3 Å². The molecule has 0 heterocycles. The van der Waals surface area contributed by atoms with Crippen LogP contribution in [-0.2, 0) is 11.3 Å². The van der Waals surface area contributed by atoms with Gasteiger partial charge in [-0.1, -0.05) is 41.9 Å². The fourth-order valence-electron chi connectivity index (χ4n) is 2.55. The highest BCUT2D eigenvalue weighted by Crippen LogP contribution is 2.25. The fourth-order valence-corrected chi connectivity index (χ4v) is 2.72. The summed E-state index contributed by atoms with van der Waals surface area (Å²) < 4.78 is 10.5. The van der Waals surface area contributed by atoms with Gasteiger partial charge in [0.25, 0.3) is 5.91 Å². The first-order valence-electron chi connectivity index (χ1n) is 8.53. The van der Waals surface area contributed by atoms with Gasteiger partial charge in [0.05, 0.1) is 18.2 Å². The zero-order valence-electron chi connectivity index (χ0n) is 15.1. The lowest BCUT2D eigenvalue weighted by molar-refractivity contribution is 0.0600. The first-order valence-corrected chi connectivity index (χ1v) is 8.90. The van der Waals surface area contributed by atoms with Crippen LogP contribution in [0.15, 0.2) is 72.8 Å². The van der Waals surface area contributed by atoms with E-state index in [1.54, 1.807) is 42.5 Å². The number of hydrogen-bond acceptors (Lipinski definition) is 4. The molecule has 1 amide bonds.